The molecule has 104 valence electrons. The van der Waals surface area contributed by atoms with Gasteiger partial charge in [-0.2, -0.15) is 0 Å². The molecule has 0 saturated heterocycles. The number of benzene rings is 1. The second-order valence-corrected chi connectivity index (χ2v) is 4.58. The van der Waals surface area contributed by atoms with E-state index in [0.717, 1.165) is 17.0 Å². The Bertz CT molecular complexity index is 599. The van der Waals surface area contributed by atoms with E-state index in [2.05, 4.69) is 10.3 Å². The van der Waals surface area contributed by atoms with Gasteiger partial charge in [0.25, 0.3) is 5.69 Å². The molecule has 0 amide bonds. The minimum Gasteiger partial charge on any atom is -0.311 e. The first kappa shape index (κ1) is 14.1. The number of aryl methyl sites for hydroxylation is 1. The quantitative estimate of drug-likeness (QED) is 0.498. The lowest BCUT2D eigenvalue weighted by atomic mass is 10.1. The third-order valence-corrected chi connectivity index (χ3v) is 3.01. The van der Waals surface area contributed by atoms with Gasteiger partial charge in [0.1, 0.15) is 0 Å². The number of rotatable bonds is 6. The number of nitrogens with one attached hydrogen (secondary N) is 1. The third kappa shape index (κ3) is 3.86. The van der Waals surface area contributed by atoms with Crippen LogP contribution in [0.5, 0.6) is 0 Å². The molecule has 0 fully saturated rings. The van der Waals surface area contributed by atoms with Crippen LogP contribution in [0, 0.1) is 17.0 Å². The number of pyridine rings is 1. The maximum atomic E-state index is 10.9. The predicted octanol–water partition coefficient (Wildman–Crippen LogP) is 2.63. The van der Waals surface area contributed by atoms with Crippen LogP contribution in [0.15, 0.2) is 42.5 Å². The first-order chi connectivity index (χ1) is 9.66. The first-order valence-corrected chi connectivity index (χ1v) is 6.52. The van der Waals surface area contributed by atoms with Crippen LogP contribution in [0.2, 0.25) is 0 Å². The van der Waals surface area contributed by atoms with E-state index in [9.17, 15) is 10.1 Å². The van der Waals surface area contributed by atoms with Crippen molar-refractivity contribution >= 4 is 5.69 Å². The summed E-state index contributed by atoms with van der Waals surface area (Å²) in [5, 5.41) is 14.1. The molecule has 0 unspecified atom stereocenters. The summed E-state index contributed by atoms with van der Waals surface area (Å²) >= 11 is 0. The highest BCUT2D eigenvalue weighted by atomic mass is 16.6. The van der Waals surface area contributed by atoms with Gasteiger partial charge in [-0.15, -0.1) is 0 Å². The van der Waals surface area contributed by atoms with Crippen molar-refractivity contribution in [2.45, 2.75) is 19.9 Å². The highest BCUT2D eigenvalue weighted by molar-refractivity contribution is 5.39. The molecule has 0 aliphatic heterocycles. The van der Waals surface area contributed by atoms with E-state index in [1.807, 2.05) is 31.2 Å². The number of nitro groups is 1. The second-order valence-electron chi connectivity index (χ2n) is 4.58. The number of aromatic nitrogens is 1. The number of nitro benzene ring substituents is 1. The second kappa shape index (κ2) is 6.77. The molecule has 5 nitrogen and oxygen atoms in total. The SMILES string of the molecule is Cc1cccc(CNCCc2ccccc2[N+](=O)[O-])n1. The van der Waals surface area contributed by atoms with E-state index in [4.69, 9.17) is 0 Å². The number of hydrogen-bond acceptors (Lipinski definition) is 4. The molecule has 0 atom stereocenters. The molecule has 0 radical (unpaired) electrons. The van der Waals surface area contributed by atoms with Crippen LogP contribution in [0.25, 0.3) is 0 Å². The first-order valence-electron chi connectivity index (χ1n) is 6.52. The molecule has 1 N–H and O–H groups in total. The molecule has 1 heterocycles. The molecule has 0 saturated carbocycles. The summed E-state index contributed by atoms with van der Waals surface area (Å²) in [5.74, 6) is 0. The van der Waals surface area contributed by atoms with Crippen LogP contribution in [-0.4, -0.2) is 16.5 Å². The van der Waals surface area contributed by atoms with Crippen molar-refractivity contribution in [2.75, 3.05) is 6.54 Å². The molecular formula is C15H17N3O2. The van der Waals surface area contributed by atoms with Crippen LogP contribution in [0.1, 0.15) is 17.0 Å². The summed E-state index contributed by atoms with van der Waals surface area (Å²) in [6, 6.07) is 12.7. The zero-order valence-corrected chi connectivity index (χ0v) is 11.4. The van der Waals surface area contributed by atoms with Gasteiger partial charge in [-0.1, -0.05) is 24.3 Å². The standard InChI is InChI=1S/C15H17N3O2/c1-12-5-4-7-14(17-12)11-16-10-9-13-6-2-3-8-15(13)18(19)20/h2-8,16H,9-11H2,1H3. The van der Waals surface area contributed by atoms with Crippen LogP contribution in [0.4, 0.5) is 5.69 Å². The zero-order chi connectivity index (χ0) is 14.4. The van der Waals surface area contributed by atoms with Gasteiger partial charge in [0.15, 0.2) is 0 Å². The summed E-state index contributed by atoms with van der Waals surface area (Å²) < 4.78 is 0. The van der Waals surface area contributed by atoms with Crippen molar-refractivity contribution in [3.8, 4) is 0 Å². The molecule has 0 aliphatic rings. The monoisotopic (exact) mass is 271 g/mol. The maximum Gasteiger partial charge on any atom is 0.272 e. The Kier molecular flexibility index (Phi) is 4.79. The van der Waals surface area contributed by atoms with Gasteiger partial charge in [0.2, 0.25) is 0 Å². The van der Waals surface area contributed by atoms with Crippen molar-refractivity contribution in [3.63, 3.8) is 0 Å². The fraction of sp³-hybridized carbons (Fsp3) is 0.267. The highest BCUT2D eigenvalue weighted by Crippen LogP contribution is 2.17. The molecule has 1 aromatic heterocycles. The van der Waals surface area contributed by atoms with Gasteiger partial charge in [0, 0.05) is 23.9 Å². The van der Waals surface area contributed by atoms with Crippen molar-refractivity contribution < 1.29 is 4.92 Å². The molecule has 0 aliphatic carbocycles. The zero-order valence-electron chi connectivity index (χ0n) is 11.4. The summed E-state index contributed by atoms with van der Waals surface area (Å²) in [7, 11) is 0. The summed E-state index contributed by atoms with van der Waals surface area (Å²) in [6.45, 7) is 3.31. The van der Waals surface area contributed by atoms with E-state index in [0.29, 0.717) is 19.5 Å². The van der Waals surface area contributed by atoms with Crippen molar-refractivity contribution in [1.29, 1.82) is 0 Å². The normalized spacial score (nSPS) is 10.4. The van der Waals surface area contributed by atoms with Gasteiger partial charge in [0.05, 0.1) is 10.6 Å². The average Bonchev–Trinajstić information content (AvgIpc) is 2.44. The van der Waals surface area contributed by atoms with Gasteiger partial charge in [-0.25, -0.2) is 0 Å². The summed E-state index contributed by atoms with van der Waals surface area (Å²) in [5.41, 5.74) is 2.90. The molecule has 0 spiro atoms. The summed E-state index contributed by atoms with van der Waals surface area (Å²) in [4.78, 5) is 14.9. The summed E-state index contributed by atoms with van der Waals surface area (Å²) in [6.07, 6.45) is 0.628. The van der Waals surface area contributed by atoms with E-state index in [1.165, 1.54) is 6.07 Å². The van der Waals surface area contributed by atoms with Gasteiger partial charge >= 0.3 is 0 Å². The average molecular weight is 271 g/mol. The maximum absolute atomic E-state index is 10.9. The Labute approximate surface area is 117 Å². The molecule has 1 aromatic carbocycles. The number of para-hydroxylation sites is 1. The third-order valence-electron chi connectivity index (χ3n) is 3.01. The molecular weight excluding hydrogens is 254 g/mol. The van der Waals surface area contributed by atoms with Gasteiger partial charge in [-0.05, 0) is 32.0 Å². The molecule has 2 aromatic rings. The lowest BCUT2D eigenvalue weighted by Gasteiger charge is -2.06. The topological polar surface area (TPSA) is 68.1 Å². The smallest absolute Gasteiger partial charge is 0.272 e. The van der Waals surface area contributed by atoms with E-state index in [1.54, 1.807) is 12.1 Å². The lowest BCUT2D eigenvalue weighted by molar-refractivity contribution is -0.385. The predicted molar refractivity (Wildman–Crippen MR) is 77.5 cm³/mol. The van der Waals surface area contributed by atoms with E-state index < -0.39 is 0 Å². The minimum absolute atomic E-state index is 0.183. The van der Waals surface area contributed by atoms with Crippen molar-refractivity contribution in [2.24, 2.45) is 0 Å². The van der Waals surface area contributed by atoms with Crippen LogP contribution < -0.4 is 5.32 Å². The Hall–Kier alpha value is -2.27. The largest absolute Gasteiger partial charge is 0.311 e. The Morgan fingerprint density at radius 2 is 2.00 bits per heavy atom. The number of nitrogens with zero attached hydrogens (tertiary/aromatic N) is 2. The van der Waals surface area contributed by atoms with Crippen LogP contribution in [-0.2, 0) is 13.0 Å². The van der Waals surface area contributed by atoms with Crippen LogP contribution in [0.3, 0.4) is 0 Å². The molecule has 0 bridgehead atoms. The Morgan fingerprint density at radius 3 is 2.75 bits per heavy atom. The fourth-order valence-electron chi connectivity index (χ4n) is 2.04. The molecule has 20 heavy (non-hydrogen) atoms. The van der Waals surface area contributed by atoms with E-state index >= 15 is 0 Å². The van der Waals surface area contributed by atoms with Crippen molar-refractivity contribution in [3.05, 3.63) is 69.5 Å². The fourth-order valence-corrected chi connectivity index (χ4v) is 2.04. The molecule has 2 rings (SSSR count). The Balaban J connectivity index is 1.86. The Morgan fingerprint density at radius 1 is 1.20 bits per heavy atom. The number of hydrogen-bond donors (Lipinski definition) is 1. The minimum atomic E-state index is -0.336. The molecule has 5 heteroatoms. The van der Waals surface area contributed by atoms with Gasteiger partial charge < -0.3 is 5.32 Å². The van der Waals surface area contributed by atoms with Gasteiger partial charge in [-0.3, -0.25) is 15.1 Å². The van der Waals surface area contributed by atoms with E-state index in [-0.39, 0.29) is 10.6 Å². The van der Waals surface area contributed by atoms with Crippen LogP contribution >= 0.6 is 0 Å². The van der Waals surface area contributed by atoms with Crippen molar-refractivity contribution in [1.82, 2.24) is 10.3 Å². The lowest BCUT2D eigenvalue weighted by Crippen LogP contribution is -2.18. The highest BCUT2D eigenvalue weighted by Gasteiger charge is 2.11.